The van der Waals surface area contributed by atoms with Gasteiger partial charge in [-0.2, -0.15) is 0 Å². The molecule has 0 aliphatic rings. The molecule has 4 heteroatoms. The molecule has 13 heavy (non-hydrogen) atoms. The van der Waals surface area contributed by atoms with Crippen molar-refractivity contribution in [1.82, 2.24) is 0 Å². The molecule has 0 radical (unpaired) electrons. The average molecular weight is 475 g/mol. The van der Waals surface area contributed by atoms with Crippen LogP contribution in [0.25, 0.3) is 0 Å². The van der Waals surface area contributed by atoms with Gasteiger partial charge in [0.05, 0.1) is 0 Å². The molecule has 0 amide bonds. The Morgan fingerprint density at radius 1 is 0.769 bits per heavy atom. The minimum absolute atomic E-state index is 1.37. The summed E-state index contributed by atoms with van der Waals surface area (Å²) in [6.07, 6.45) is 0. The zero-order valence-electron chi connectivity index (χ0n) is 9.88. The third kappa shape index (κ3) is 17.3. The molecule has 0 aromatic heterocycles. The van der Waals surface area contributed by atoms with Crippen LogP contribution in [0.1, 0.15) is 20.8 Å². The van der Waals surface area contributed by atoms with Gasteiger partial charge < -0.3 is 0 Å². The second-order valence-electron chi connectivity index (χ2n) is 4.28. The Balaban J connectivity index is 0. The summed E-state index contributed by atoms with van der Waals surface area (Å²) in [7, 11) is 0. The predicted octanol–water partition coefficient (Wildman–Crippen LogP) is 6.36. The fraction of sp³-hybridized carbons (Fsp3) is 1.00. The van der Waals surface area contributed by atoms with Gasteiger partial charge in [-0.25, -0.2) is 0 Å². The Morgan fingerprint density at radius 2 is 0.923 bits per heavy atom. The van der Waals surface area contributed by atoms with Crippen molar-refractivity contribution in [1.29, 1.82) is 0 Å². The zero-order valence-corrected chi connectivity index (χ0v) is 18.0. The molecule has 0 fully saturated rings. The Labute approximate surface area is 105 Å². The van der Waals surface area contributed by atoms with Crippen molar-refractivity contribution in [3.63, 3.8) is 0 Å². The van der Waals surface area contributed by atoms with Crippen LogP contribution in [0, 0.1) is 0 Å². The maximum absolute atomic E-state index is 3.89. The van der Waals surface area contributed by atoms with E-state index in [0.717, 1.165) is 0 Å². The van der Waals surface area contributed by atoms with Gasteiger partial charge in [0, 0.05) is 0 Å². The van der Waals surface area contributed by atoms with Gasteiger partial charge in [0.15, 0.2) is 0 Å². The third-order valence-electron chi connectivity index (χ3n) is 1.90. The van der Waals surface area contributed by atoms with Gasteiger partial charge >= 0.3 is 107 Å². The van der Waals surface area contributed by atoms with E-state index in [1.807, 2.05) is 0 Å². The van der Waals surface area contributed by atoms with Crippen LogP contribution in [0.3, 0.4) is 0 Å². The predicted molar refractivity (Wildman–Crippen MR) is 66.9 cm³/mol. The monoisotopic (exact) mass is 470 g/mol. The molecule has 0 rings (SSSR count). The van der Waals surface area contributed by atoms with Crippen molar-refractivity contribution in [3.05, 3.63) is 0 Å². The Morgan fingerprint density at radius 3 is 0.923 bits per heavy atom. The molecule has 0 saturated carbocycles. The molecule has 0 N–H and O–H groups in total. The van der Waals surface area contributed by atoms with Crippen molar-refractivity contribution in [2.45, 2.75) is 47.1 Å². The van der Waals surface area contributed by atoms with Crippen LogP contribution in [0.4, 0.5) is 0 Å². The van der Waals surface area contributed by atoms with Crippen LogP contribution >= 0.6 is 24.4 Å². The molecule has 0 unspecified atom stereocenters. The van der Waals surface area contributed by atoms with Crippen LogP contribution in [0.15, 0.2) is 0 Å². The standard InChI is InChI=1S/3C2H5.3CH3.2BrH.2Zr/c3*1-2;;;;;;;/h3*1H2,2H3;3*1H3;2*1H;;/q;;;;;;;;2*+1/p-2. The van der Waals surface area contributed by atoms with Gasteiger partial charge in [0.25, 0.3) is 0 Å². The Bertz CT molecular complexity index is 103. The first kappa shape index (κ1) is 18.1. The number of halogens is 2. The topological polar surface area (TPSA) is 0 Å². The van der Waals surface area contributed by atoms with Gasteiger partial charge in [-0.1, -0.05) is 0 Å². The molecule has 0 spiro atoms. The van der Waals surface area contributed by atoms with E-state index in [1.54, 1.807) is 0 Å². The molecule has 0 saturated heterocycles. The van der Waals surface area contributed by atoms with E-state index < -0.39 is 35.8 Å². The fourth-order valence-corrected chi connectivity index (χ4v) is 4.44. The summed E-state index contributed by atoms with van der Waals surface area (Å²) in [5, 5.41) is 0. The van der Waals surface area contributed by atoms with E-state index in [1.165, 1.54) is 12.4 Å². The summed E-state index contributed by atoms with van der Waals surface area (Å²) in [6, 6.07) is 0. The van der Waals surface area contributed by atoms with E-state index in [0.29, 0.717) is 0 Å². The van der Waals surface area contributed by atoms with Crippen LogP contribution in [0.2, 0.25) is 26.3 Å². The fourth-order valence-electron chi connectivity index (χ4n) is 0.750. The summed E-state index contributed by atoms with van der Waals surface area (Å²) in [6.45, 7) is 6.95. The van der Waals surface area contributed by atoms with Gasteiger partial charge in [0.1, 0.15) is 0 Å². The van der Waals surface area contributed by atoms with Gasteiger partial charge in [-0.15, -0.1) is 0 Å². The van der Waals surface area contributed by atoms with Gasteiger partial charge in [-0.05, 0) is 0 Å². The van der Waals surface area contributed by atoms with E-state index in [2.05, 4.69) is 59.1 Å². The van der Waals surface area contributed by atoms with Crippen molar-refractivity contribution in [3.8, 4) is 0 Å². The van der Waals surface area contributed by atoms with Gasteiger partial charge in [0.2, 0.25) is 0 Å². The zero-order chi connectivity index (χ0) is 11.1. The van der Waals surface area contributed by atoms with Crippen LogP contribution in [-0.4, -0.2) is 0 Å². The average Bonchev–Trinajstić information content (AvgIpc) is 2.00. The molecule has 82 valence electrons. The summed E-state index contributed by atoms with van der Waals surface area (Å²) in [4.78, 5) is 0. The number of hydrogen-bond donors (Lipinski definition) is 0. The van der Waals surface area contributed by atoms with E-state index >= 15 is 0 Å². The third-order valence-corrected chi connectivity index (χ3v) is 21.2. The van der Waals surface area contributed by atoms with Crippen molar-refractivity contribution >= 4 is 24.4 Å². The summed E-state index contributed by atoms with van der Waals surface area (Å²) in [5.74, 6) is 0. The van der Waals surface area contributed by atoms with Crippen LogP contribution in [-0.2, 0) is 35.8 Å². The maximum atomic E-state index is 3.89. The molecular formula is C9H24Br2Zr2. The van der Waals surface area contributed by atoms with E-state index in [9.17, 15) is 0 Å². The van der Waals surface area contributed by atoms with E-state index in [4.69, 9.17) is 0 Å². The number of rotatable bonds is 3. The van der Waals surface area contributed by atoms with Gasteiger partial charge in [-0.3, -0.25) is 0 Å². The second-order valence-corrected chi connectivity index (χ2v) is 49.3. The normalized spacial score (nSPS) is 12.0. The number of hydrogen-bond acceptors (Lipinski definition) is 0. The Kier molecular flexibility index (Phi) is 12.3. The molecule has 0 atom stereocenters. The molecular weight excluding hydrogens is 450 g/mol. The molecule has 0 aromatic rings. The van der Waals surface area contributed by atoms with Crippen molar-refractivity contribution < 1.29 is 35.8 Å². The van der Waals surface area contributed by atoms with Crippen molar-refractivity contribution in [2.24, 2.45) is 0 Å². The SMILES string of the molecule is C[CH2][Zr]([Br])([CH2]C)[CH2]C.[CH3][Zr]([CH3])([CH3])[Br]. The molecule has 0 bridgehead atoms. The van der Waals surface area contributed by atoms with E-state index in [-0.39, 0.29) is 0 Å². The first-order valence-electron chi connectivity index (χ1n) is 5.06. The summed E-state index contributed by atoms with van der Waals surface area (Å²) in [5.41, 5.74) is 0. The molecule has 0 aliphatic heterocycles. The van der Waals surface area contributed by atoms with Crippen molar-refractivity contribution in [2.75, 3.05) is 0 Å². The first-order chi connectivity index (χ1) is 5.68. The van der Waals surface area contributed by atoms with Crippen LogP contribution < -0.4 is 0 Å². The second kappa shape index (κ2) is 8.83. The molecule has 0 nitrogen and oxygen atoms in total. The molecule has 0 aromatic carbocycles. The minimum atomic E-state index is -1.52. The van der Waals surface area contributed by atoms with Crippen LogP contribution in [0.5, 0.6) is 0 Å². The Hall–Kier alpha value is 2.73. The molecule has 0 aliphatic carbocycles. The molecule has 0 heterocycles. The summed E-state index contributed by atoms with van der Waals surface area (Å²) < 4.78 is 11.3. The first-order valence-corrected chi connectivity index (χ1v) is 28.9. The quantitative estimate of drug-likeness (QED) is 0.447. The summed E-state index contributed by atoms with van der Waals surface area (Å²) >= 11 is 4.59.